The minimum absolute atomic E-state index is 0.462. The van der Waals surface area contributed by atoms with Crippen LogP contribution in [0.4, 0.5) is 0 Å². The molecule has 3 rings (SSSR count). The number of ether oxygens (including phenoxy) is 1. The highest BCUT2D eigenvalue weighted by Crippen LogP contribution is 2.37. The fraction of sp³-hybridized carbons (Fsp3) is 0.667. The third kappa shape index (κ3) is 3.22. The summed E-state index contributed by atoms with van der Waals surface area (Å²) in [5.41, 5.74) is 1.33. The SMILES string of the molecule is Brc1ncccc1[C@H](C1CCOCC1)N1CCNCC1. The third-order valence-corrected chi connectivity index (χ3v) is 5.03. The van der Waals surface area contributed by atoms with E-state index in [2.05, 4.69) is 43.3 Å². The molecule has 0 aliphatic carbocycles. The predicted octanol–water partition coefficient (Wildman–Crippen LogP) is 2.22. The molecule has 110 valence electrons. The van der Waals surface area contributed by atoms with Gasteiger partial charge in [-0.1, -0.05) is 6.07 Å². The molecule has 0 saturated carbocycles. The van der Waals surface area contributed by atoms with Gasteiger partial charge in [0.15, 0.2) is 0 Å². The molecule has 0 bridgehead atoms. The van der Waals surface area contributed by atoms with Gasteiger partial charge in [0.05, 0.1) is 0 Å². The molecule has 2 saturated heterocycles. The van der Waals surface area contributed by atoms with Gasteiger partial charge in [-0.15, -0.1) is 0 Å². The number of rotatable bonds is 3. The Bertz CT molecular complexity index is 413. The minimum atomic E-state index is 0.462. The van der Waals surface area contributed by atoms with Crippen LogP contribution >= 0.6 is 15.9 Å². The molecular weight excluding hydrogens is 318 g/mol. The van der Waals surface area contributed by atoms with E-state index in [0.29, 0.717) is 12.0 Å². The molecule has 20 heavy (non-hydrogen) atoms. The van der Waals surface area contributed by atoms with Crippen LogP contribution in [0.25, 0.3) is 0 Å². The third-order valence-electron chi connectivity index (χ3n) is 4.36. The van der Waals surface area contributed by atoms with Gasteiger partial charge in [0.1, 0.15) is 4.60 Å². The first-order valence-corrected chi connectivity index (χ1v) is 8.28. The van der Waals surface area contributed by atoms with Crippen molar-refractivity contribution in [2.75, 3.05) is 39.4 Å². The van der Waals surface area contributed by atoms with E-state index in [1.165, 1.54) is 5.56 Å². The molecule has 1 atom stereocenters. The number of nitrogens with one attached hydrogen (secondary N) is 1. The normalized spacial score (nSPS) is 23.6. The van der Waals surface area contributed by atoms with Gasteiger partial charge in [-0.05, 0) is 40.8 Å². The van der Waals surface area contributed by atoms with Crippen LogP contribution in [0, 0.1) is 5.92 Å². The van der Waals surface area contributed by atoms with Gasteiger partial charge in [0.25, 0.3) is 0 Å². The minimum Gasteiger partial charge on any atom is -0.381 e. The van der Waals surface area contributed by atoms with E-state index < -0.39 is 0 Å². The van der Waals surface area contributed by atoms with Crippen molar-refractivity contribution in [3.05, 3.63) is 28.5 Å². The van der Waals surface area contributed by atoms with Gasteiger partial charge >= 0.3 is 0 Å². The second-order valence-electron chi connectivity index (χ2n) is 5.56. The first-order chi connectivity index (χ1) is 9.86. The van der Waals surface area contributed by atoms with Crippen molar-refractivity contribution in [3.63, 3.8) is 0 Å². The summed E-state index contributed by atoms with van der Waals surface area (Å²) in [6, 6.07) is 4.73. The molecule has 2 aliphatic heterocycles. The van der Waals surface area contributed by atoms with Gasteiger partial charge < -0.3 is 10.1 Å². The number of halogens is 1. The van der Waals surface area contributed by atoms with E-state index in [9.17, 15) is 0 Å². The van der Waals surface area contributed by atoms with Crippen LogP contribution in [0.1, 0.15) is 24.4 Å². The van der Waals surface area contributed by atoms with E-state index in [-0.39, 0.29) is 0 Å². The van der Waals surface area contributed by atoms with Crippen LogP contribution < -0.4 is 5.32 Å². The van der Waals surface area contributed by atoms with Crippen LogP contribution in [-0.4, -0.2) is 49.3 Å². The molecule has 0 radical (unpaired) electrons. The van der Waals surface area contributed by atoms with E-state index in [1.54, 1.807) is 0 Å². The summed E-state index contributed by atoms with van der Waals surface area (Å²) in [6.07, 6.45) is 4.15. The van der Waals surface area contributed by atoms with Crippen LogP contribution in [-0.2, 0) is 4.74 Å². The Kier molecular flexibility index (Phi) is 5.04. The summed E-state index contributed by atoms with van der Waals surface area (Å²) in [5, 5.41) is 3.44. The van der Waals surface area contributed by atoms with Crippen molar-refractivity contribution in [1.82, 2.24) is 15.2 Å². The molecule has 3 heterocycles. The molecule has 1 aromatic heterocycles. The molecule has 0 unspecified atom stereocenters. The summed E-state index contributed by atoms with van der Waals surface area (Å²) in [6.45, 7) is 6.18. The smallest absolute Gasteiger partial charge is 0.110 e. The average molecular weight is 340 g/mol. The van der Waals surface area contributed by atoms with Gasteiger partial charge in [-0.3, -0.25) is 4.90 Å². The highest BCUT2D eigenvalue weighted by atomic mass is 79.9. The summed E-state index contributed by atoms with van der Waals surface area (Å²) >= 11 is 3.65. The summed E-state index contributed by atoms with van der Waals surface area (Å²) in [5.74, 6) is 0.669. The first-order valence-electron chi connectivity index (χ1n) is 7.49. The van der Waals surface area contributed by atoms with Gasteiger partial charge in [0.2, 0.25) is 0 Å². The van der Waals surface area contributed by atoms with E-state index in [0.717, 1.165) is 56.8 Å². The van der Waals surface area contributed by atoms with Crippen LogP contribution in [0.2, 0.25) is 0 Å². The standard InChI is InChI=1S/C15H22BrN3O/c16-15-13(2-1-5-18-15)14(12-3-10-20-11-4-12)19-8-6-17-7-9-19/h1-2,5,12,14,17H,3-4,6-11H2/t14-/m0/s1. The fourth-order valence-corrected chi connectivity index (χ4v) is 3.84. The highest BCUT2D eigenvalue weighted by Gasteiger charge is 2.32. The lowest BCUT2D eigenvalue weighted by atomic mass is 9.86. The van der Waals surface area contributed by atoms with Crippen molar-refractivity contribution in [2.45, 2.75) is 18.9 Å². The maximum atomic E-state index is 5.55. The summed E-state index contributed by atoms with van der Waals surface area (Å²) in [7, 11) is 0. The summed E-state index contributed by atoms with van der Waals surface area (Å²) < 4.78 is 6.54. The van der Waals surface area contributed by atoms with Gasteiger partial charge in [-0.2, -0.15) is 0 Å². The Morgan fingerprint density at radius 1 is 1.30 bits per heavy atom. The average Bonchev–Trinajstić information content (AvgIpc) is 2.52. The summed E-state index contributed by atoms with van der Waals surface area (Å²) in [4.78, 5) is 7.05. The van der Waals surface area contributed by atoms with E-state index in [1.807, 2.05) is 6.20 Å². The number of hydrogen-bond donors (Lipinski definition) is 1. The zero-order valence-corrected chi connectivity index (χ0v) is 13.3. The number of aromatic nitrogens is 1. The molecule has 0 aromatic carbocycles. The molecular formula is C15H22BrN3O. The van der Waals surface area contributed by atoms with Crippen molar-refractivity contribution in [3.8, 4) is 0 Å². The Hall–Kier alpha value is -0.490. The number of pyridine rings is 1. The quantitative estimate of drug-likeness (QED) is 0.857. The Balaban J connectivity index is 1.87. The van der Waals surface area contributed by atoms with E-state index in [4.69, 9.17) is 4.74 Å². The number of hydrogen-bond acceptors (Lipinski definition) is 4. The Morgan fingerprint density at radius 2 is 2.05 bits per heavy atom. The van der Waals surface area contributed by atoms with Crippen LogP contribution in [0.3, 0.4) is 0 Å². The lowest BCUT2D eigenvalue weighted by Gasteiger charge is -2.41. The molecule has 1 N–H and O–H groups in total. The molecule has 2 fully saturated rings. The Labute approximate surface area is 129 Å². The molecule has 2 aliphatic rings. The lowest BCUT2D eigenvalue weighted by Crippen LogP contribution is -2.47. The molecule has 0 spiro atoms. The number of nitrogens with zero attached hydrogens (tertiary/aromatic N) is 2. The maximum Gasteiger partial charge on any atom is 0.110 e. The van der Waals surface area contributed by atoms with Crippen LogP contribution in [0.15, 0.2) is 22.9 Å². The second-order valence-corrected chi connectivity index (χ2v) is 6.32. The highest BCUT2D eigenvalue weighted by molar-refractivity contribution is 9.10. The topological polar surface area (TPSA) is 37.4 Å². The van der Waals surface area contributed by atoms with Crippen molar-refractivity contribution < 1.29 is 4.74 Å². The first kappa shape index (κ1) is 14.4. The number of piperazine rings is 1. The van der Waals surface area contributed by atoms with Crippen molar-refractivity contribution >= 4 is 15.9 Å². The largest absolute Gasteiger partial charge is 0.381 e. The Morgan fingerprint density at radius 3 is 2.75 bits per heavy atom. The van der Waals surface area contributed by atoms with Crippen molar-refractivity contribution in [2.24, 2.45) is 5.92 Å². The lowest BCUT2D eigenvalue weighted by molar-refractivity contribution is 0.0210. The maximum absolute atomic E-state index is 5.55. The van der Waals surface area contributed by atoms with Crippen LogP contribution in [0.5, 0.6) is 0 Å². The molecule has 4 nitrogen and oxygen atoms in total. The second kappa shape index (κ2) is 6.98. The molecule has 0 amide bonds. The van der Waals surface area contributed by atoms with Gasteiger partial charge in [0, 0.05) is 57.2 Å². The predicted molar refractivity (Wildman–Crippen MR) is 82.7 cm³/mol. The monoisotopic (exact) mass is 339 g/mol. The van der Waals surface area contributed by atoms with Crippen molar-refractivity contribution in [1.29, 1.82) is 0 Å². The zero-order valence-electron chi connectivity index (χ0n) is 11.7. The fourth-order valence-electron chi connectivity index (χ4n) is 3.36. The zero-order chi connectivity index (χ0) is 13.8. The van der Waals surface area contributed by atoms with E-state index >= 15 is 0 Å². The van der Waals surface area contributed by atoms with Gasteiger partial charge in [-0.25, -0.2) is 4.98 Å². The molecule has 1 aromatic rings. The molecule has 5 heteroatoms.